The van der Waals surface area contributed by atoms with Crippen molar-refractivity contribution in [2.24, 2.45) is 5.10 Å². The molecule has 5 heteroatoms. The van der Waals surface area contributed by atoms with Gasteiger partial charge in [0.1, 0.15) is 18.1 Å². The summed E-state index contributed by atoms with van der Waals surface area (Å²) in [5.74, 6) is 1.01. The summed E-state index contributed by atoms with van der Waals surface area (Å²) in [4.78, 5) is 12.0. The van der Waals surface area contributed by atoms with Gasteiger partial charge >= 0.3 is 0 Å². The summed E-state index contributed by atoms with van der Waals surface area (Å²) in [6, 6.07) is 25.1. The van der Waals surface area contributed by atoms with Crippen molar-refractivity contribution in [1.29, 1.82) is 0 Å². The quantitative estimate of drug-likeness (QED) is 0.457. The van der Waals surface area contributed by atoms with Gasteiger partial charge in [-0.25, -0.2) is 5.43 Å². The topological polar surface area (TPSA) is 59.9 Å². The zero-order valence-corrected chi connectivity index (χ0v) is 16.6. The molecule has 3 aromatic carbocycles. The Bertz CT molecular complexity index is 950. The van der Waals surface area contributed by atoms with Gasteiger partial charge in [0.05, 0.1) is 5.71 Å². The van der Waals surface area contributed by atoms with E-state index in [9.17, 15) is 4.79 Å². The first-order valence-electron chi connectivity index (χ1n) is 9.40. The van der Waals surface area contributed by atoms with E-state index in [0.29, 0.717) is 12.4 Å². The van der Waals surface area contributed by atoms with Crippen LogP contribution in [-0.2, 0) is 11.4 Å². The highest BCUT2D eigenvalue weighted by molar-refractivity contribution is 5.99. The van der Waals surface area contributed by atoms with Crippen molar-refractivity contribution in [3.63, 3.8) is 0 Å². The average molecular weight is 388 g/mol. The Labute approximate surface area is 171 Å². The van der Waals surface area contributed by atoms with E-state index in [1.54, 1.807) is 12.1 Å². The first-order valence-corrected chi connectivity index (χ1v) is 9.40. The van der Waals surface area contributed by atoms with E-state index in [-0.39, 0.29) is 12.5 Å². The van der Waals surface area contributed by atoms with Crippen LogP contribution in [0.15, 0.2) is 84.0 Å². The Morgan fingerprint density at radius 1 is 0.862 bits per heavy atom. The van der Waals surface area contributed by atoms with Crippen LogP contribution in [-0.4, -0.2) is 18.2 Å². The molecule has 3 aromatic rings. The third-order valence-corrected chi connectivity index (χ3v) is 4.26. The largest absolute Gasteiger partial charge is 0.489 e. The lowest BCUT2D eigenvalue weighted by atomic mass is 10.1. The lowest BCUT2D eigenvalue weighted by molar-refractivity contribution is -0.123. The molecule has 0 aliphatic rings. The minimum absolute atomic E-state index is 0.116. The summed E-state index contributed by atoms with van der Waals surface area (Å²) in [6.45, 7) is 4.26. The van der Waals surface area contributed by atoms with Gasteiger partial charge in [0, 0.05) is 0 Å². The number of nitrogens with one attached hydrogen (secondary N) is 1. The molecule has 0 radical (unpaired) electrons. The predicted octanol–water partition coefficient (Wildman–Crippen LogP) is 4.49. The molecule has 29 heavy (non-hydrogen) atoms. The van der Waals surface area contributed by atoms with E-state index >= 15 is 0 Å². The molecule has 0 saturated heterocycles. The van der Waals surface area contributed by atoms with E-state index in [0.717, 1.165) is 22.6 Å². The van der Waals surface area contributed by atoms with Crippen molar-refractivity contribution in [3.05, 3.63) is 95.6 Å². The van der Waals surface area contributed by atoms with Crippen LogP contribution in [0.3, 0.4) is 0 Å². The number of nitrogens with zero attached hydrogens (tertiary/aromatic N) is 1. The molecule has 0 bridgehead atoms. The Hall–Kier alpha value is -3.60. The van der Waals surface area contributed by atoms with Gasteiger partial charge in [0.15, 0.2) is 6.61 Å². The molecule has 0 aliphatic carbocycles. The lowest BCUT2D eigenvalue weighted by Crippen LogP contribution is -2.25. The van der Waals surface area contributed by atoms with E-state index in [4.69, 9.17) is 9.47 Å². The molecule has 1 N–H and O–H groups in total. The molecule has 0 fully saturated rings. The van der Waals surface area contributed by atoms with Crippen LogP contribution in [0.5, 0.6) is 11.5 Å². The summed E-state index contributed by atoms with van der Waals surface area (Å²) < 4.78 is 11.2. The summed E-state index contributed by atoms with van der Waals surface area (Å²) in [6.07, 6.45) is 0. The first kappa shape index (κ1) is 20.1. The van der Waals surface area contributed by atoms with Gasteiger partial charge in [-0.15, -0.1) is 0 Å². The maximum Gasteiger partial charge on any atom is 0.277 e. The molecule has 0 aromatic heterocycles. The second kappa shape index (κ2) is 10.1. The molecule has 3 rings (SSSR count). The van der Waals surface area contributed by atoms with Crippen molar-refractivity contribution in [3.8, 4) is 11.5 Å². The van der Waals surface area contributed by atoms with Crippen molar-refractivity contribution >= 4 is 11.6 Å². The third kappa shape index (κ3) is 6.50. The van der Waals surface area contributed by atoms with Crippen LogP contribution in [0.1, 0.15) is 23.6 Å². The van der Waals surface area contributed by atoms with Crippen molar-refractivity contribution in [2.75, 3.05) is 6.61 Å². The Morgan fingerprint density at radius 2 is 1.48 bits per heavy atom. The zero-order chi connectivity index (χ0) is 20.5. The molecule has 0 atom stereocenters. The summed E-state index contributed by atoms with van der Waals surface area (Å²) >= 11 is 0. The van der Waals surface area contributed by atoms with Crippen LogP contribution in [0.4, 0.5) is 0 Å². The fourth-order valence-corrected chi connectivity index (χ4v) is 2.56. The Balaban J connectivity index is 1.43. The van der Waals surface area contributed by atoms with Gasteiger partial charge in [-0.05, 0) is 49.2 Å². The lowest BCUT2D eigenvalue weighted by Gasteiger charge is -2.09. The van der Waals surface area contributed by atoms with Crippen LogP contribution in [0, 0.1) is 6.92 Å². The minimum Gasteiger partial charge on any atom is -0.489 e. The zero-order valence-electron chi connectivity index (χ0n) is 16.6. The highest BCUT2D eigenvalue weighted by Crippen LogP contribution is 2.18. The standard InChI is InChI=1S/C24H24N2O3/c1-18-8-10-21(11-9-18)19(2)25-26-24(27)17-29-23-14-12-22(13-15-23)28-16-20-6-4-3-5-7-20/h3-15H,16-17H2,1-2H3,(H,26,27)/b25-19+. The van der Waals surface area contributed by atoms with Crippen LogP contribution < -0.4 is 14.9 Å². The van der Waals surface area contributed by atoms with Gasteiger partial charge in [-0.2, -0.15) is 5.10 Å². The number of hydrogen-bond donors (Lipinski definition) is 1. The maximum absolute atomic E-state index is 12.0. The number of hydrogen-bond acceptors (Lipinski definition) is 4. The number of benzene rings is 3. The number of carbonyl (C=O) groups excluding carboxylic acids is 1. The smallest absolute Gasteiger partial charge is 0.277 e. The summed E-state index contributed by atoms with van der Waals surface area (Å²) in [7, 11) is 0. The van der Waals surface area contributed by atoms with Gasteiger partial charge in [0.25, 0.3) is 5.91 Å². The van der Waals surface area contributed by atoms with Crippen LogP contribution in [0.25, 0.3) is 0 Å². The molecular formula is C24H24N2O3. The van der Waals surface area contributed by atoms with Crippen molar-refractivity contribution in [1.82, 2.24) is 5.43 Å². The number of ether oxygens (including phenoxy) is 2. The fraction of sp³-hybridized carbons (Fsp3) is 0.167. The highest BCUT2D eigenvalue weighted by atomic mass is 16.5. The number of amides is 1. The second-order valence-electron chi connectivity index (χ2n) is 6.63. The van der Waals surface area contributed by atoms with Gasteiger partial charge in [-0.1, -0.05) is 60.2 Å². The Kier molecular flexibility index (Phi) is 7.00. The van der Waals surface area contributed by atoms with E-state index < -0.39 is 0 Å². The second-order valence-corrected chi connectivity index (χ2v) is 6.63. The molecule has 148 valence electrons. The van der Waals surface area contributed by atoms with Gasteiger partial charge < -0.3 is 9.47 Å². The maximum atomic E-state index is 12.0. The van der Waals surface area contributed by atoms with E-state index in [1.807, 2.05) is 80.6 Å². The van der Waals surface area contributed by atoms with E-state index in [2.05, 4.69) is 10.5 Å². The normalized spacial score (nSPS) is 11.0. The van der Waals surface area contributed by atoms with Crippen LogP contribution >= 0.6 is 0 Å². The Morgan fingerprint density at radius 3 is 2.14 bits per heavy atom. The molecule has 0 unspecified atom stereocenters. The molecule has 0 aliphatic heterocycles. The van der Waals surface area contributed by atoms with Crippen molar-refractivity contribution < 1.29 is 14.3 Å². The monoisotopic (exact) mass is 388 g/mol. The van der Waals surface area contributed by atoms with Crippen LogP contribution in [0.2, 0.25) is 0 Å². The fourth-order valence-electron chi connectivity index (χ4n) is 2.56. The number of aryl methyl sites for hydroxylation is 1. The molecule has 0 heterocycles. The minimum atomic E-state index is -0.319. The third-order valence-electron chi connectivity index (χ3n) is 4.26. The average Bonchev–Trinajstić information content (AvgIpc) is 2.76. The summed E-state index contributed by atoms with van der Waals surface area (Å²) in [5.41, 5.74) is 6.49. The number of rotatable bonds is 8. The van der Waals surface area contributed by atoms with Gasteiger partial charge in [-0.3, -0.25) is 4.79 Å². The molecule has 0 spiro atoms. The van der Waals surface area contributed by atoms with Crippen molar-refractivity contribution in [2.45, 2.75) is 20.5 Å². The molecular weight excluding hydrogens is 364 g/mol. The first-order chi connectivity index (χ1) is 14.1. The molecule has 5 nitrogen and oxygen atoms in total. The summed E-state index contributed by atoms with van der Waals surface area (Å²) in [5, 5.41) is 4.12. The molecule has 1 amide bonds. The highest BCUT2D eigenvalue weighted by Gasteiger charge is 2.04. The SMILES string of the molecule is C/C(=N\NC(=O)COc1ccc(OCc2ccccc2)cc1)c1ccc(C)cc1. The van der Waals surface area contributed by atoms with E-state index in [1.165, 1.54) is 5.56 Å². The molecule has 0 saturated carbocycles. The van der Waals surface area contributed by atoms with Gasteiger partial charge in [0.2, 0.25) is 0 Å². The predicted molar refractivity (Wildman–Crippen MR) is 114 cm³/mol. The number of hydrazone groups is 1. The number of carbonyl (C=O) groups is 1.